The van der Waals surface area contributed by atoms with Crippen LogP contribution < -0.4 is 10.5 Å². The van der Waals surface area contributed by atoms with Crippen LogP contribution in [0.2, 0.25) is 0 Å². The first-order chi connectivity index (χ1) is 9.31. The van der Waals surface area contributed by atoms with Crippen LogP contribution in [0.15, 0.2) is 4.52 Å². The highest BCUT2D eigenvalue weighted by Gasteiger charge is 2.49. The van der Waals surface area contributed by atoms with E-state index in [-0.39, 0.29) is 0 Å². The predicted molar refractivity (Wildman–Crippen MR) is 68.5 cm³/mol. The molecule has 5 heteroatoms. The molecule has 1 aromatic heterocycles. The monoisotopic (exact) mass is 263 g/mol. The van der Waals surface area contributed by atoms with E-state index in [9.17, 15) is 0 Å². The van der Waals surface area contributed by atoms with Gasteiger partial charge < -0.3 is 15.0 Å². The van der Waals surface area contributed by atoms with Crippen LogP contribution in [0.5, 0.6) is 6.01 Å². The number of nitrogens with two attached hydrogens (primary N) is 1. The van der Waals surface area contributed by atoms with Crippen molar-refractivity contribution in [3.05, 3.63) is 5.89 Å². The van der Waals surface area contributed by atoms with Crippen molar-refractivity contribution in [3.8, 4) is 6.01 Å². The maximum Gasteiger partial charge on any atom is 0.354 e. The molecular formula is C14H21N3O2. The molecule has 4 aliphatic carbocycles. The summed E-state index contributed by atoms with van der Waals surface area (Å²) in [6, 6.07) is 0.418. The predicted octanol–water partition coefficient (Wildman–Crippen LogP) is 1.77. The summed E-state index contributed by atoms with van der Waals surface area (Å²) < 4.78 is 11.2. The maximum absolute atomic E-state index is 6.06. The van der Waals surface area contributed by atoms with Crippen LogP contribution in [-0.4, -0.2) is 22.8 Å². The Morgan fingerprint density at radius 3 is 2.42 bits per heavy atom. The van der Waals surface area contributed by atoms with Gasteiger partial charge in [-0.25, -0.2) is 0 Å². The average Bonchev–Trinajstić information content (AvgIpc) is 2.81. The van der Waals surface area contributed by atoms with Crippen LogP contribution in [0, 0.1) is 23.7 Å². The van der Waals surface area contributed by atoms with Gasteiger partial charge in [-0.3, -0.25) is 0 Å². The van der Waals surface area contributed by atoms with Crippen molar-refractivity contribution in [1.29, 1.82) is 0 Å². The molecule has 5 nitrogen and oxygen atoms in total. The highest BCUT2D eigenvalue weighted by molar-refractivity contribution is 5.02. The molecule has 5 rings (SSSR count). The lowest BCUT2D eigenvalue weighted by Crippen LogP contribution is -2.50. The highest BCUT2D eigenvalue weighted by Crippen LogP contribution is 2.54. The molecule has 0 radical (unpaired) electrons. The summed E-state index contributed by atoms with van der Waals surface area (Å²) in [7, 11) is 0. The fourth-order valence-electron chi connectivity index (χ4n) is 4.70. The Kier molecular flexibility index (Phi) is 2.76. The zero-order valence-electron chi connectivity index (χ0n) is 11.1. The molecule has 4 aliphatic rings. The molecule has 0 aromatic carbocycles. The second-order valence-electron chi connectivity index (χ2n) is 6.52. The average molecular weight is 263 g/mol. The van der Waals surface area contributed by atoms with Gasteiger partial charge in [0.15, 0.2) is 0 Å². The third kappa shape index (κ3) is 2.04. The van der Waals surface area contributed by atoms with E-state index in [1.807, 2.05) is 0 Å². The minimum Gasteiger partial charge on any atom is -0.458 e. The number of ether oxygens (including phenoxy) is 1. The molecule has 19 heavy (non-hydrogen) atoms. The fourth-order valence-corrected chi connectivity index (χ4v) is 4.70. The van der Waals surface area contributed by atoms with E-state index in [0.29, 0.717) is 42.8 Å². The summed E-state index contributed by atoms with van der Waals surface area (Å²) in [4.78, 5) is 4.27. The molecule has 104 valence electrons. The van der Waals surface area contributed by atoms with Crippen LogP contribution in [0.25, 0.3) is 0 Å². The van der Waals surface area contributed by atoms with E-state index in [0.717, 1.165) is 11.8 Å². The van der Waals surface area contributed by atoms with Gasteiger partial charge in [-0.05, 0) is 60.9 Å². The van der Waals surface area contributed by atoms with Gasteiger partial charge in [0, 0.05) is 13.0 Å². The van der Waals surface area contributed by atoms with Gasteiger partial charge in [-0.15, -0.1) is 0 Å². The standard InChI is InChI=1S/C14H21N3O2/c15-2-1-12-16-14(17-19-12)18-13-10-4-8-3-9(6-10)7-11(13)5-8/h8-11,13H,1-7,15H2. The van der Waals surface area contributed by atoms with Crippen molar-refractivity contribution in [2.75, 3.05) is 6.54 Å². The Morgan fingerprint density at radius 1 is 1.11 bits per heavy atom. The summed E-state index contributed by atoms with van der Waals surface area (Å²) in [5.41, 5.74) is 5.48. The maximum atomic E-state index is 6.06. The van der Waals surface area contributed by atoms with Crippen molar-refractivity contribution >= 4 is 0 Å². The van der Waals surface area contributed by atoms with E-state index in [1.54, 1.807) is 0 Å². The first-order valence-corrected chi connectivity index (χ1v) is 7.51. The zero-order valence-corrected chi connectivity index (χ0v) is 11.1. The van der Waals surface area contributed by atoms with Crippen LogP contribution in [-0.2, 0) is 6.42 Å². The second kappa shape index (κ2) is 4.47. The number of rotatable bonds is 4. The second-order valence-corrected chi connectivity index (χ2v) is 6.52. The minimum absolute atomic E-state index is 0.316. The van der Waals surface area contributed by atoms with E-state index in [1.165, 1.54) is 32.1 Å². The molecule has 0 aliphatic heterocycles. The Labute approximate surface area is 112 Å². The molecule has 4 bridgehead atoms. The molecule has 0 saturated heterocycles. The first kappa shape index (κ1) is 11.7. The molecule has 2 N–H and O–H groups in total. The van der Waals surface area contributed by atoms with E-state index in [4.69, 9.17) is 15.0 Å². The lowest BCUT2D eigenvalue weighted by molar-refractivity contribution is -0.0827. The molecule has 0 unspecified atom stereocenters. The van der Waals surface area contributed by atoms with Crippen molar-refractivity contribution < 1.29 is 9.26 Å². The Bertz CT molecular complexity index is 431. The van der Waals surface area contributed by atoms with Crippen LogP contribution >= 0.6 is 0 Å². The third-order valence-electron chi connectivity index (χ3n) is 5.19. The number of hydrogen-bond acceptors (Lipinski definition) is 5. The summed E-state index contributed by atoms with van der Waals surface area (Å²) >= 11 is 0. The minimum atomic E-state index is 0.316. The number of nitrogens with zero attached hydrogens (tertiary/aromatic N) is 2. The molecule has 0 atom stereocenters. The van der Waals surface area contributed by atoms with Crippen LogP contribution in [0.1, 0.15) is 38.0 Å². The van der Waals surface area contributed by atoms with Crippen LogP contribution in [0.4, 0.5) is 0 Å². The molecule has 1 aromatic rings. The highest BCUT2D eigenvalue weighted by atomic mass is 16.6. The lowest BCUT2D eigenvalue weighted by Gasteiger charge is -2.53. The smallest absolute Gasteiger partial charge is 0.354 e. The van der Waals surface area contributed by atoms with Crippen LogP contribution in [0.3, 0.4) is 0 Å². The normalized spacial score (nSPS) is 39.7. The van der Waals surface area contributed by atoms with Crippen molar-refractivity contribution in [2.45, 2.75) is 44.6 Å². The van der Waals surface area contributed by atoms with Gasteiger partial charge in [0.25, 0.3) is 0 Å². The zero-order chi connectivity index (χ0) is 12.8. The molecular weight excluding hydrogens is 242 g/mol. The van der Waals surface area contributed by atoms with Gasteiger partial charge in [0.2, 0.25) is 5.89 Å². The summed E-state index contributed by atoms with van der Waals surface area (Å²) in [6.07, 6.45) is 7.75. The first-order valence-electron chi connectivity index (χ1n) is 7.51. The van der Waals surface area contributed by atoms with Crippen molar-refractivity contribution in [2.24, 2.45) is 29.4 Å². The number of aromatic nitrogens is 2. The Balaban J connectivity index is 1.47. The summed E-state index contributed by atoms with van der Waals surface area (Å²) in [5, 5.41) is 3.92. The largest absolute Gasteiger partial charge is 0.458 e. The fraction of sp³-hybridized carbons (Fsp3) is 0.857. The lowest BCUT2D eigenvalue weighted by atomic mass is 9.55. The van der Waals surface area contributed by atoms with E-state index in [2.05, 4.69) is 10.1 Å². The van der Waals surface area contributed by atoms with E-state index >= 15 is 0 Å². The van der Waals surface area contributed by atoms with Gasteiger partial charge in [0.1, 0.15) is 6.10 Å². The summed E-state index contributed by atoms with van der Waals surface area (Å²) in [6.45, 7) is 0.527. The quantitative estimate of drug-likeness (QED) is 0.896. The van der Waals surface area contributed by atoms with Gasteiger partial charge >= 0.3 is 6.01 Å². The molecule has 1 heterocycles. The van der Waals surface area contributed by atoms with Gasteiger partial charge in [-0.2, -0.15) is 4.98 Å². The SMILES string of the molecule is NCCc1nc(OC2C3CC4CC(C3)CC2C4)no1. The Hall–Kier alpha value is -1.10. The molecule has 4 fully saturated rings. The van der Waals surface area contributed by atoms with E-state index < -0.39 is 0 Å². The van der Waals surface area contributed by atoms with Crippen molar-refractivity contribution in [3.63, 3.8) is 0 Å². The third-order valence-corrected chi connectivity index (χ3v) is 5.19. The molecule has 0 amide bonds. The Morgan fingerprint density at radius 2 is 1.79 bits per heavy atom. The topological polar surface area (TPSA) is 74.2 Å². The number of hydrogen-bond donors (Lipinski definition) is 1. The summed E-state index contributed by atoms with van der Waals surface area (Å²) in [5.74, 6) is 3.93. The van der Waals surface area contributed by atoms with Crippen molar-refractivity contribution in [1.82, 2.24) is 10.1 Å². The van der Waals surface area contributed by atoms with Gasteiger partial charge in [0.05, 0.1) is 0 Å². The molecule has 4 saturated carbocycles. The van der Waals surface area contributed by atoms with Gasteiger partial charge in [-0.1, -0.05) is 0 Å². The molecule has 0 spiro atoms.